The third kappa shape index (κ3) is 6.08. The van der Waals surface area contributed by atoms with E-state index in [4.69, 9.17) is 28.8 Å². The van der Waals surface area contributed by atoms with E-state index in [1.54, 1.807) is 13.8 Å². The first-order chi connectivity index (χ1) is 25.6. The largest absolute Gasteiger partial charge is 0.506 e. The van der Waals surface area contributed by atoms with Crippen molar-refractivity contribution in [3.63, 3.8) is 0 Å². The fourth-order valence-corrected chi connectivity index (χ4v) is 13.0. The summed E-state index contributed by atoms with van der Waals surface area (Å²) in [7, 11) is 0. The van der Waals surface area contributed by atoms with Gasteiger partial charge in [-0.25, -0.2) is 0 Å². The fraction of sp³-hybridized carbons (Fsp3) is 0.875. The highest BCUT2D eigenvalue weighted by molar-refractivity contribution is 5.85. The van der Waals surface area contributed by atoms with Crippen molar-refractivity contribution in [1.82, 2.24) is 0 Å². The van der Waals surface area contributed by atoms with Gasteiger partial charge in [0, 0.05) is 60.9 Å². The smallest absolute Gasteiger partial charge is 0.259 e. The molecule has 9 N–H and O–H groups in total. The van der Waals surface area contributed by atoms with Crippen molar-refractivity contribution in [3.8, 4) is 0 Å². The SMILES string of the molecule is CC1(C)C(=O)CC[C@@]2(C)C1[C@@H]1C[C@]3(C)C2C[C@H]2O[C@]4(CC[C@H](C(C)(C)O)O4)C4CC[C@]3(OCC[C@H](O)/C(O)=C(/O[C@@H](O)/C(O)=C(/O)[C@@H](O)CCO)[C@H](O)O1)C42. The van der Waals surface area contributed by atoms with E-state index in [0.717, 1.165) is 6.42 Å². The molecule has 0 aromatic heterocycles. The molecule has 7 aliphatic rings. The average Bonchev–Trinajstić information content (AvgIpc) is 3.81. The lowest BCUT2D eigenvalue weighted by Crippen LogP contribution is -2.72. The number of Topliss-reactive ketones (excluding diaryl/α,β-unsaturated/α-hetero) is 1. The van der Waals surface area contributed by atoms with Crippen molar-refractivity contribution in [1.29, 1.82) is 0 Å². The van der Waals surface area contributed by atoms with Gasteiger partial charge in [0.1, 0.15) is 18.0 Å². The molecule has 4 unspecified atom stereocenters. The number of hydrogen-bond acceptors (Lipinski definition) is 15. The second-order valence-corrected chi connectivity index (χ2v) is 19.1. The topological polar surface area (TPSA) is 245 Å². The molecule has 15 heteroatoms. The molecule has 2 bridgehead atoms. The molecule has 0 amide bonds. The number of aliphatic hydroxyl groups is 9. The van der Waals surface area contributed by atoms with Crippen LogP contribution < -0.4 is 0 Å². The summed E-state index contributed by atoms with van der Waals surface area (Å²) in [6.45, 7) is 11.1. The van der Waals surface area contributed by atoms with Crippen LogP contribution in [0.1, 0.15) is 106 Å². The molecule has 4 saturated carbocycles. The molecule has 55 heavy (non-hydrogen) atoms. The van der Waals surface area contributed by atoms with Crippen molar-refractivity contribution in [2.75, 3.05) is 13.2 Å². The molecule has 2 saturated heterocycles. The summed E-state index contributed by atoms with van der Waals surface area (Å²) in [6, 6.07) is 0. The third-order valence-corrected chi connectivity index (χ3v) is 15.4. The second-order valence-electron chi connectivity index (χ2n) is 19.1. The average molecular weight is 783 g/mol. The predicted molar refractivity (Wildman–Crippen MR) is 192 cm³/mol. The fourth-order valence-electron chi connectivity index (χ4n) is 13.0. The number of hydrogen-bond donors (Lipinski definition) is 9. The number of carbonyl (C=O) groups is 1. The molecule has 3 heterocycles. The summed E-state index contributed by atoms with van der Waals surface area (Å²) in [6.07, 6.45) is -5.50. The van der Waals surface area contributed by atoms with E-state index in [-0.39, 0.29) is 49.1 Å². The maximum Gasteiger partial charge on any atom is 0.259 e. The Morgan fingerprint density at radius 3 is 2.35 bits per heavy atom. The first kappa shape index (κ1) is 41.1. The minimum atomic E-state index is -2.44. The van der Waals surface area contributed by atoms with Crippen molar-refractivity contribution >= 4 is 5.78 Å². The van der Waals surface area contributed by atoms with Gasteiger partial charge in [0.15, 0.2) is 23.1 Å². The molecule has 0 radical (unpaired) electrons. The summed E-state index contributed by atoms with van der Waals surface area (Å²) < 4.78 is 32.9. The van der Waals surface area contributed by atoms with Crippen LogP contribution in [-0.2, 0) is 28.5 Å². The molecule has 4 aliphatic carbocycles. The molecule has 15 atom stereocenters. The van der Waals surface area contributed by atoms with Crippen LogP contribution in [0.4, 0.5) is 0 Å². The number of ketones is 1. The maximum atomic E-state index is 13.8. The van der Waals surface area contributed by atoms with E-state index >= 15 is 0 Å². The van der Waals surface area contributed by atoms with Crippen LogP contribution in [0.15, 0.2) is 23.0 Å². The van der Waals surface area contributed by atoms with Gasteiger partial charge < -0.3 is 69.6 Å². The molecule has 7 rings (SSSR count). The van der Waals surface area contributed by atoms with Gasteiger partial charge in [-0.15, -0.1) is 0 Å². The van der Waals surface area contributed by atoms with Crippen molar-refractivity contribution in [3.05, 3.63) is 23.0 Å². The maximum absolute atomic E-state index is 13.8. The van der Waals surface area contributed by atoms with Gasteiger partial charge in [-0.3, -0.25) is 4.79 Å². The van der Waals surface area contributed by atoms with Crippen LogP contribution in [0, 0.1) is 39.9 Å². The van der Waals surface area contributed by atoms with Gasteiger partial charge in [-0.2, -0.15) is 0 Å². The zero-order valence-corrected chi connectivity index (χ0v) is 32.8. The standard InChI is InChI=1S/C40H62O15/c1-35(2)25(44)8-12-37(5)24-17-22-27-19(40(54-22)14-9-26(55-40)36(3,4)50)7-13-39(27)38(24,6)18-23(32(35)37)52-34(49)31(29(46)21(43)11-16-51-39)53-33(48)30(47)28(45)20(42)10-15-41/h19-24,26-27,32-34,41-43,45-50H,7-18H2,1-6H3/b30-28-,31-29-/t19?,20-,21-,22+,23-,24?,26+,27?,32?,33+,34+,37+,38+,39-,40-/m0/s1. The summed E-state index contributed by atoms with van der Waals surface area (Å²) in [4.78, 5) is 13.8. The van der Waals surface area contributed by atoms with Crippen molar-refractivity contribution in [2.45, 2.75) is 166 Å². The molecule has 6 fully saturated rings. The summed E-state index contributed by atoms with van der Waals surface area (Å²) >= 11 is 0. The first-order valence-corrected chi connectivity index (χ1v) is 20.0. The summed E-state index contributed by atoms with van der Waals surface area (Å²) in [5.41, 5.74) is -3.97. The zero-order chi connectivity index (χ0) is 40.3. The van der Waals surface area contributed by atoms with Crippen LogP contribution in [-0.4, -0.2) is 125 Å². The third-order valence-electron chi connectivity index (χ3n) is 15.4. The van der Waals surface area contributed by atoms with Gasteiger partial charge in [-0.1, -0.05) is 27.7 Å². The number of fused-ring (bicyclic) bond motifs is 5. The molecular formula is C40H62O15. The van der Waals surface area contributed by atoms with Gasteiger partial charge in [-0.05, 0) is 63.7 Å². The lowest BCUT2D eigenvalue weighted by molar-refractivity contribution is -0.312. The predicted octanol–water partition coefficient (Wildman–Crippen LogP) is 2.90. The van der Waals surface area contributed by atoms with Crippen LogP contribution in [0.3, 0.4) is 0 Å². The van der Waals surface area contributed by atoms with E-state index in [1.807, 2.05) is 13.8 Å². The Hall–Kier alpha value is -2.05. The lowest BCUT2D eigenvalue weighted by Gasteiger charge is -2.70. The van der Waals surface area contributed by atoms with Gasteiger partial charge in [0.2, 0.25) is 12.0 Å². The van der Waals surface area contributed by atoms with Crippen LogP contribution in [0.25, 0.3) is 0 Å². The Kier molecular flexibility index (Phi) is 10.3. The Morgan fingerprint density at radius 2 is 1.69 bits per heavy atom. The highest BCUT2D eigenvalue weighted by Gasteiger charge is 2.79. The second kappa shape index (κ2) is 13.8. The monoisotopic (exact) mass is 782 g/mol. The summed E-state index contributed by atoms with van der Waals surface area (Å²) in [5.74, 6) is -5.61. The van der Waals surface area contributed by atoms with Crippen LogP contribution >= 0.6 is 0 Å². The number of carbonyl (C=O) groups excluding carboxylic acids is 1. The van der Waals surface area contributed by atoms with E-state index in [9.17, 15) is 45.6 Å². The van der Waals surface area contributed by atoms with E-state index in [0.29, 0.717) is 44.9 Å². The lowest BCUT2D eigenvalue weighted by atomic mass is 9.36. The van der Waals surface area contributed by atoms with Gasteiger partial charge >= 0.3 is 0 Å². The Labute approximate surface area is 321 Å². The number of rotatable bonds is 7. The Balaban J connectivity index is 1.32. The van der Waals surface area contributed by atoms with Crippen LogP contribution in [0.5, 0.6) is 0 Å². The molecule has 312 valence electrons. The Bertz CT molecular complexity index is 1570. The van der Waals surface area contributed by atoms with Gasteiger partial charge in [0.25, 0.3) is 6.29 Å². The highest BCUT2D eigenvalue weighted by atomic mass is 16.7. The van der Waals surface area contributed by atoms with E-state index in [2.05, 4.69) is 13.8 Å². The minimum Gasteiger partial charge on any atom is -0.506 e. The molecular weight excluding hydrogens is 720 g/mol. The van der Waals surface area contributed by atoms with Gasteiger partial charge in [0.05, 0.1) is 36.1 Å². The molecule has 0 aromatic rings. The Morgan fingerprint density at radius 1 is 0.982 bits per heavy atom. The van der Waals surface area contributed by atoms with Crippen LogP contribution in [0.2, 0.25) is 0 Å². The highest BCUT2D eigenvalue weighted by Crippen LogP contribution is 2.76. The number of ether oxygens (including phenoxy) is 5. The van der Waals surface area contributed by atoms with Crippen molar-refractivity contribution in [2.24, 2.45) is 39.9 Å². The first-order valence-electron chi connectivity index (χ1n) is 20.0. The zero-order valence-electron chi connectivity index (χ0n) is 32.8. The molecule has 2 spiro atoms. The van der Waals surface area contributed by atoms with E-state index in [1.165, 1.54) is 0 Å². The van der Waals surface area contributed by atoms with Crippen molar-refractivity contribution < 1.29 is 74.4 Å². The normalized spacial score (nSPS) is 48.3. The minimum absolute atomic E-state index is 0.0233. The summed E-state index contributed by atoms with van der Waals surface area (Å²) in [5, 5.41) is 96.3. The quantitative estimate of drug-likeness (QED) is 0.133. The number of aliphatic hydroxyl groups excluding tert-OH is 8. The van der Waals surface area contributed by atoms with E-state index < -0.39 is 106 Å². The molecule has 3 aliphatic heterocycles. The molecule has 15 nitrogen and oxygen atoms in total. The molecule has 0 aromatic carbocycles.